The predicted octanol–water partition coefficient (Wildman–Crippen LogP) is 3.59. The summed E-state index contributed by atoms with van der Waals surface area (Å²) in [5.41, 5.74) is -0.574. The lowest BCUT2D eigenvalue weighted by atomic mass is 9.90. The summed E-state index contributed by atoms with van der Waals surface area (Å²) in [6.07, 6.45) is 5.47. The third-order valence-electron chi connectivity index (χ3n) is 3.18. The van der Waals surface area contributed by atoms with Crippen LogP contribution < -0.4 is 0 Å². The van der Waals surface area contributed by atoms with Crippen molar-refractivity contribution in [1.82, 2.24) is 0 Å². The minimum absolute atomic E-state index is 0.0167. The van der Waals surface area contributed by atoms with Gasteiger partial charge in [0, 0.05) is 12.3 Å². The number of unbranched alkanes of at least 4 members (excludes halogenated alkanes) is 2. The summed E-state index contributed by atoms with van der Waals surface area (Å²) in [5.74, 6) is -1.10. The molecule has 4 heteroatoms. The molecule has 0 aromatic carbocycles. The zero-order valence-corrected chi connectivity index (χ0v) is 14.1. The fourth-order valence-electron chi connectivity index (χ4n) is 2.13. The number of aliphatic hydroxyl groups is 1. The lowest BCUT2D eigenvalue weighted by Gasteiger charge is -2.24. The molecular weight excluding hydrogens is 280 g/mol. The van der Waals surface area contributed by atoms with Crippen molar-refractivity contribution < 1.29 is 19.4 Å². The summed E-state index contributed by atoms with van der Waals surface area (Å²) >= 11 is 0. The number of hydrogen-bond donors (Lipinski definition) is 1. The average Bonchev–Trinajstić information content (AvgIpc) is 2.40. The van der Waals surface area contributed by atoms with Gasteiger partial charge in [0.05, 0.1) is 6.42 Å². The monoisotopic (exact) mass is 310 g/mol. The number of hydrogen-bond acceptors (Lipinski definition) is 4. The molecule has 0 saturated heterocycles. The van der Waals surface area contributed by atoms with Crippen LogP contribution in [0.5, 0.6) is 0 Å². The summed E-state index contributed by atoms with van der Waals surface area (Å²) in [7, 11) is 0. The third-order valence-corrected chi connectivity index (χ3v) is 3.18. The van der Waals surface area contributed by atoms with E-state index < -0.39 is 23.6 Å². The van der Waals surface area contributed by atoms with Gasteiger partial charge in [-0.2, -0.15) is 0 Å². The molecule has 0 rings (SSSR count). The number of carbonyl (C=O) groups excluding carboxylic acids is 2. The van der Waals surface area contributed by atoms with Crippen LogP contribution in [0.1, 0.15) is 59.3 Å². The summed E-state index contributed by atoms with van der Waals surface area (Å²) in [5, 5.41) is 10.2. The Hall–Kier alpha value is -1.42. The van der Waals surface area contributed by atoms with Crippen LogP contribution in [-0.2, 0) is 14.3 Å². The van der Waals surface area contributed by atoms with Crippen LogP contribution in [0.2, 0.25) is 0 Å². The maximum atomic E-state index is 12.0. The minimum atomic E-state index is -1.14. The normalized spacial score (nSPS) is 14.0. The Balaban J connectivity index is 4.51. The number of ether oxygens (including phenoxy) is 1. The van der Waals surface area contributed by atoms with E-state index in [0.717, 1.165) is 19.3 Å². The van der Waals surface area contributed by atoms with Crippen LogP contribution in [0, 0.1) is 5.92 Å². The standard InChI is InChI=1S/C18H30O4/c1-6-8-9-10-12-15(19)17(21)14(11-7-2)13-16(20)22-18(3,4)5/h6-7,14,17,21H,1-2,8-13H2,3-5H3/t14-,17?/m1/s1. The number of allylic oxidation sites excluding steroid dienone is 2. The molecule has 1 unspecified atom stereocenters. The molecule has 0 aromatic rings. The van der Waals surface area contributed by atoms with Gasteiger partial charge in [-0.3, -0.25) is 9.59 Å². The second-order valence-electron chi connectivity index (χ2n) is 6.52. The van der Waals surface area contributed by atoms with Crippen molar-refractivity contribution in [3.8, 4) is 0 Å². The highest BCUT2D eigenvalue weighted by Gasteiger charge is 2.28. The number of ketones is 1. The lowest BCUT2D eigenvalue weighted by Crippen LogP contribution is -2.33. The fraction of sp³-hybridized carbons (Fsp3) is 0.667. The first-order valence-corrected chi connectivity index (χ1v) is 7.85. The predicted molar refractivity (Wildman–Crippen MR) is 88.4 cm³/mol. The molecule has 0 amide bonds. The Labute approximate surface area is 134 Å². The van der Waals surface area contributed by atoms with Gasteiger partial charge in [0.25, 0.3) is 0 Å². The van der Waals surface area contributed by atoms with E-state index in [2.05, 4.69) is 13.2 Å². The molecule has 0 radical (unpaired) electrons. The van der Waals surface area contributed by atoms with Crippen molar-refractivity contribution in [2.45, 2.75) is 71.0 Å². The van der Waals surface area contributed by atoms with Crippen molar-refractivity contribution in [3.63, 3.8) is 0 Å². The molecule has 126 valence electrons. The molecule has 0 aromatic heterocycles. The van der Waals surface area contributed by atoms with Crippen LogP contribution in [0.3, 0.4) is 0 Å². The molecule has 0 spiro atoms. The van der Waals surface area contributed by atoms with E-state index in [-0.39, 0.29) is 12.2 Å². The Kier molecular flexibility index (Phi) is 9.66. The van der Waals surface area contributed by atoms with Gasteiger partial charge in [0.15, 0.2) is 5.78 Å². The van der Waals surface area contributed by atoms with E-state index in [1.807, 2.05) is 6.08 Å². The molecule has 0 bridgehead atoms. The van der Waals surface area contributed by atoms with Crippen molar-refractivity contribution >= 4 is 11.8 Å². The topological polar surface area (TPSA) is 63.6 Å². The minimum Gasteiger partial charge on any atom is -0.460 e. The molecule has 0 aliphatic carbocycles. The van der Waals surface area contributed by atoms with E-state index in [1.165, 1.54) is 0 Å². The molecule has 1 N–H and O–H groups in total. The largest absolute Gasteiger partial charge is 0.460 e. The molecule has 2 atom stereocenters. The number of aliphatic hydroxyl groups excluding tert-OH is 1. The fourth-order valence-corrected chi connectivity index (χ4v) is 2.13. The molecule has 0 aliphatic heterocycles. The summed E-state index contributed by atoms with van der Waals surface area (Å²) < 4.78 is 5.25. The van der Waals surface area contributed by atoms with Gasteiger partial charge in [0.2, 0.25) is 0 Å². The van der Waals surface area contributed by atoms with Crippen molar-refractivity contribution in [2.24, 2.45) is 5.92 Å². The van der Waals surface area contributed by atoms with E-state index in [9.17, 15) is 14.7 Å². The van der Waals surface area contributed by atoms with Crippen LogP contribution in [0.4, 0.5) is 0 Å². The van der Waals surface area contributed by atoms with E-state index in [0.29, 0.717) is 12.8 Å². The molecule has 0 aliphatic rings. The van der Waals surface area contributed by atoms with Gasteiger partial charge in [0.1, 0.15) is 11.7 Å². The highest BCUT2D eigenvalue weighted by molar-refractivity contribution is 5.84. The van der Waals surface area contributed by atoms with E-state index in [1.54, 1.807) is 26.8 Å². The molecule has 0 fully saturated rings. The summed E-state index contributed by atoms with van der Waals surface area (Å²) in [6.45, 7) is 12.6. The quantitative estimate of drug-likeness (QED) is 0.360. The third kappa shape index (κ3) is 9.50. The molecule has 4 nitrogen and oxygen atoms in total. The SMILES string of the molecule is C=CCCCCC(=O)C(O)[C@H](CC=C)CC(=O)OC(C)(C)C. The van der Waals surface area contributed by atoms with Gasteiger partial charge in [-0.15, -0.1) is 13.2 Å². The van der Waals surface area contributed by atoms with E-state index in [4.69, 9.17) is 4.74 Å². The Morgan fingerprint density at radius 3 is 2.32 bits per heavy atom. The first-order valence-electron chi connectivity index (χ1n) is 7.85. The van der Waals surface area contributed by atoms with E-state index >= 15 is 0 Å². The van der Waals surface area contributed by atoms with Crippen LogP contribution >= 0.6 is 0 Å². The van der Waals surface area contributed by atoms with Crippen molar-refractivity contribution in [3.05, 3.63) is 25.3 Å². The number of esters is 1. The first kappa shape index (κ1) is 20.6. The van der Waals surface area contributed by atoms with Gasteiger partial charge >= 0.3 is 5.97 Å². The second-order valence-corrected chi connectivity index (χ2v) is 6.52. The Bertz CT molecular complexity index is 379. The molecule has 0 saturated carbocycles. The highest BCUT2D eigenvalue weighted by atomic mass is 16.6. The lowest BCUT2D eigenvalue weighted by molar-refractivity contribution is -0.157. The zero-order valence-electron chi connectivity index (χ0n) is 14.1. The maximum Gasteiger partial charge on any atom is 0.306 e. The van der Waals surface area contributed by atoms with Crippen molar-refractivity contribution in [1.29, 1.82) is 0 Å². The highest BCUT2D eigenvalue weighted by Crippen LogP contribution is 2.20. The number of carbonyl (C=O) groups is 2. The summed E-state index contributed by atoms with van der Waals surface area (Å²) in [4.78, 5) is 23.9. The number of Topliss-reactive ketones (excluding diaryl/α,β-unsaturated/α-hetero) is 1. The van der Waals surface area contributed by atoms with Gasteiger partial charge in [-0.1, -0.05) is 12.2 Å². The average molecular weight is 310 g/mol. The van der Waals surface area contributed by atoms with Crippen LogP contribution in [-0.4, -0.2) is 28.6 Å². The van der Waals surface area contributed by atoms with Gasteiger partial charge in [-0.05, 0) is 46.5 Å². The molecule has 0 heterocycles. The van der Waals surface area contributed by atoms with Crippen LogP contribution in [0.15, 0.2) is 25.3 Å². The Morgan fingerprint density at radius 2 is 1.82 bits per heavy atom. The smallest absolute Gasteiger partial charge is 0.306 e. The maximum absolute atomic E-state index is 12.0. The first-order chi connectivity index (χ1) is 10.2. The molecular formula is C18H30O4. The van der Waals surface area contributed by atoms with Crippen LogP contribution in [0.25, 0.3) is 0 Å². The Morgan fingerprint density at radius 1 is 1.18 bits per heavy atom. The second kappa shape index (κ2) is 10.3. The molecule has 22 heavy (non-hydrogen) atoms. The van der Waals surface area contributed by atoms with Crippen molar-refractivity contribution in [2.75, 3.05) is 0 Å². The van der Waals surface area contributed by atoms with Gasteiger partial charge in [-0.25, -0.2) is 0 Å². The van der Waals surface area contributed by atoms with Gasteiger partial charge < -0.3 is 9.84 Å². The zero-order chi connectivity index (χ0) is 17.2. The summed E-state index contributed by atoms with van der Waals surface area (Å²) in [6, 6.07) is 0. The number of rotatable bonds is 11.